The first-order valence-electron chi connectivity index (χ1n) is 0. The van der Waals surface area contributed by atoms with Crippen LogP contribution in [0.1, 0.15) is 0 Å². The van der Waals surface area contributed by atoms with Gasteiger partial charge in [-0.3, -0.25) is 0 Å². The van der Waals surface area contributed by atoms with Crippen molar-refractivity contribution in [2.24, 2.45) is 0 Å². The van der Waals surface area contributed by atoms with Crippen LogP contribution in [-0.4, -0.2) is 165 Å². The van der Waals surface area contributed by atoms with Gasteiger partial charge in [0, 0.05) is 165 Å². The van der Waals surface area contributed by atoms with Crippen LogP contribution in [0.15, 0.2) is 0 Å². The summed E-state index contributed by atoms with van der Waals surface area (Å²) in [7, 11) is 0. The summed E-state index contributed by atoms with van der Waals surface area (Å²) >= 11 is 0. The first-order chi connectivity index (χ1) is 0. The number of rotatable bonds is 0. The fourth-order valence-electron chi connectivity index (χ4n) is 0. The smallest absolute Gasteiger partial charge is 0 e. The average molecular weight is 315 g/mol. The van der Waals surface area contributed by atoms with Crippen molar-refractivity contribution in [2.45, 2.75) is 0 Å². The minimum absolute atomic E-state index is 0. The first-order valence-corrected chi connectivity index (χ1v) is 0. The Labute approximate surface area is 175 Å². The van der Waals surface area contributed by atoms with Crippen LogP contribution in [0.25, 0.3) is 0 Å². The Hall–Kier alpha value is 5.64. The minimum atomic E-state index is 0. The molecule has 0 aromatic heterocycles. The molecule has 0 unspecified atom stereocenters. The van der Waals surface area contributed by atoms with Gasteiger partial charge in [0.15, 0.2) is 0 Å². The van der Waals surface area contributed by atoms with Crippen LogP contribution >= 0.6 is 0 Å². The number of hydrogen-bond donors (Lipinski definition) is 0. The van der Waals surface area contributed by atoms with Crippen molar-refractivity contribution >= 4 is 165 Å². The van der Waals surface area contributed by atoms with Gasteiger partial charge in [-0.05, 0) is 0 Å². The van der Waals surface area contributed by atoms with Crippen molar-refractivity contribution in [2.75, 3.05) is 0 Å². The van der Waals surface area contributed by atoms with Crippen LogP contribution in [0.3, 0.4) is 0 Å². The third-order valence-electron chi connectivity index (χ3n) is 0. The van der Waals surface area contributed by atoms with E-state index in [0.717, 1.165) is 0 Å². The molecule has 0 saturated carbocycles. The second kappa shape index (κ2) is 15.9. The second-order valence-corrected chi connectivity index (χ2v) is 0. The molecule has 0 bridgehead atoms. The standard InChI is InChI=1S/Ca.Cs.Fe.Rb.H. The maximum atomic E-state index is 0. The van der Waals surface area contributed by atoms with Gasteiger partial charge in [-0.15, -0.1) is 0 Å². The summed E-state index contributed by atoms with van der Waals surface area (Å²) in [5.41, 5.74) is 0. The molecular formula is HCaCsFeRb. The van der Waals surface area contributed by atoms with Gasteiger partial charge in [0.05, 0.1) is 0 Å². The van der Waals surface area contributed by atoms with Gasteiger partial charge >= 0.3 is 17.1 Å². The molecule has 4 heavy (non-hydrogen) atoms. The Kier molecular flexibility index (Phi) is 89.7. The Balaban J connectivity index is 0. The summed E-state index contributed by atoms with van der Waals surface area (Å²) in [4.78, 5) is 0. The van der Waals surface area contributed by atoms with Gasteiger partial charge in [-0.25, -0.2) is 0 Å². The normalized spacial score (nSPS) is 0. The summed E-state index contributed by atoms with van der Waals surface area (Å²) in [6, 6.07) is 0. The van der Waals surface area contributed by atoms with Crippen molar-refractivity contribution in [1.29, 1.82) is 0 Å². The zero-order valence-corrected chi connectivity index (χ0v) is 17.7. The van der Waals surface area contributed by atoms with Crippen LogP contribution in [0.5, 0.6) is 0 Å². The van der Waals surface area contributed by atoms with Crippen molar-refractivity contribution < 1.29 is 17.1 Å². The topological polar surface area (TPSA) is 0 Å². The fourth-order valence-corrected chi connectivity index (χ4v) is 0. The summed E-state index contributed by atoms with van der Waals surface area (Å²) in [5.74, 6) is 0. The molecule has 4 heteroatoms. The Morgan fingerprint density at radius 1 is 1.00 bits per heavy atom. The molecule has 0 aliphatic rings. The van der Waals surface area contributed by atoms with E-state index < -0.39 is 0 Å². The molecule has 0 aromatic carbocycles. The Bertz CT molecular complexity index is 8.00. The molecule has 0 fully saturated rings. The summed E-state index contributed by atoms with van der Waals surface area (Å²) in [6.07, 6.45) is 0. The van der Waals surface area contributed by atoms with Gasteiger partial charge < -0.3 is 0 Å². The zero-order valence-electron chi connectivity index (χ0n) is 3.09. The monoisotopic (exact) mass is 315 g/mol. The molecule has 0 spiro atoms. The molecule has 0 rings (SSSR count). The van der Waals surface area contributed by atoms with Crippen LogP contribution in [0.2, 0.25) is 0 Å². The zero-order chi connectivity index (χ0) is 0. The van der Waals surface area contributed by atoms with Crippen molar-refractivity contribution in [1.82, 2.24) is 0 Å². The SMILES string of the molecule is [Ca].[Cs].[FeH].[Rb]. The fraction of sp³-hybridized carbons (Fsp3) is 0. The van der Waals surface area contributed by atoms with Gasteiger partial charge in [-0.1, -0.05) is 0 Å². The van der Waals surface area contributed by atoms with E-state index in [0.29, 0.717) is 0 Å². The molecular weight excluding hydrogens is 314 g/mol. The molecule has 4 radical (unpaired) electrons. The summed E-state index contributed by atoms with van der Waals surface area (Å²) in [6.45, 7) is 0. The predicted octanol–water partition coefficient (Wildman–Crippen LogP) is -1.41. The molecule has 0 saturated heterocycles. The van der Waals surface area contributed by atoms with Crippen molar-refractivity contribution in [3.05, 3.63) is 0 Å². The molecule has 0 heterocycles. The second-order valence-electron chi connectivity index (χ2n) is 0. The molecule has 13 valence electrons. The third kappa shape index (κ3) is 10.6. The maximum absolute atomic E-state index is 0. The predicted molar refractivity (Wildman–Crippen MR) is 18.7 cm³/mol. The average Bonchev–Trinajstić information content (AvgIpc) is 0. The summed E-state index contributed by atoms with van der Waals surface area (Å²) in [5, 5.41) is 0. The van der Waals surface area contributed by atoms with E-state index in [1.807, 2.05) is 0 Å². The van der Waals surface area contributed by atoms with Gasteiger partial charge in [0.1, 0.15) is 0 Å². The molecule has 0 aliphatic heterocycles. The third-order valence-corrected chi connectivity index (χ3v) is 0. The minimum Gasteiger partial charge on any atom is 0 e. The van der Waals surface area contributed by atoms with E-state index in [2.05, 4.69) is 0 Å². The van der Waals surface area contributed by atoms with E-state index in [1.165, 1.54) is 0 Å². The first kappa shape index (κ1) is 22.6. The summed E-state index contributed by atoms with van der Waals surface area (Å²) < 4.78 is 0. The largest absolute Gasteiger partial charge is 0 e. The molecule has 0 atom stereocenters. The van der Waals surface area contributed by atoms with E-state index in [1.54, 1.807) is 0 Å². The molecule has 0 aromatic rings. The van der Waals surface area contributed by atoms with Gasteiger partial charge in [-0.2, -0.15) is 0 Å². The van der Waals surface area contributed by atoms with E-state index in [4.69, 9.17) is 0 Å². The Morgan fingerprint density at radius 3 is 1.00 bits per heavy atom. The Morgan fingerprint density at radius 2 is 1.00 bits per heavy atom. The van der Waals surface area contributed by atoms with Crippen LogP contribution in [0.4, 0.5) is 0 Å². The van der Waals surface area contributed by atoms with Crippen LogP contribution < -0.4 is 0 Å². The molecule has 0 aliphatic carbocycles. The molecule has 0 N–H and O–H groups in total. The van der Waals surface area contributed by atoms with Gasteiger partial charge in [0.25, 0.3) is 0 Å². The van der Waals surface area contributed by atoms with E-state index >= 15 is 0 Å². The number of hydrogen-bond acceptors (Lipinski definition) is 0. The van der Waals surface area contributed by atoms with Crippen molar-refractivity contribution in [3.8, 4) is 0 Å². The quantitative estimate of drug-likeness (QED) is 0.482. The van der Waals surface area contributed by atoms with Crippen LogP contribution in [0, 0.1) is 0 Å². The van der Waals surface area contributed by atoms with Crippen LogP contribution in [-0.2, 0) is 17.1 Å². The van der Waals surface area contributed by atoms with E-state index in [9.17, 15) is 0 Å². The molecule has 0 nitrogen and oxygen atoms in total. The van der Waals surface area contributed by atoms with Gasteiger partial charge in [0.2, 0.25) is 0 Å². The van der Waals surface area contributed by atoms with E-state index in [-0.39, 0.29) is 182 Å². The molecule has 0 amide bonds. The van der Waals surface area contributed by atoms with Crippen molar-refractivity contribution in [3.63, 3.8) is 0 Å². The maximum Gasteiger partial charge on any atom is 0 e.